The summed E-state index contributed by atoms with van der Waals surface area (Å²) in [6.45, 7) is 0.551. The van der Waals surface area contributed by atoms with Gasteiger partial charge in [-0.15, -0.1) is 0 Å². The molecule has 7 heteroatoms. The Balaban J connectivity index is 1.74. The molecule has 0 saturated heterocycles. The van der Waals surface area contributed by atoms with Crippen LogP contribution in [-0.4, -0.2) is 18.2 Å². The molecule has 1 N–H and O–H groups in total. The summed E-state index contributed by atoms with van der Waals surface area (Å²) in [6, 6.07) is 10.3. The van der Waals surface area contributed by atoms with E-state index >= 15 is 0 Å². The number of hydrogen-bond donors (Lipinski definition) is 1. The van der Waals surface area contributed by atoms with E-state index in [1.807, 2.05) is 12.1 Å². The number of thioether (sulfide) groups is 1. The molecule has 2 aromatic rings. The number of benzene rings is 2. The maximum absolute atomic E-state index is 12.0. The summed E-state index contributed by atoms with van der Waals surface area (Å²) >= 11 is 25.4. The van der Waals surface area contributed by atoms with E-state index in [0.29, 0.717) is 32.2 Å². The molecule has 23 heavy (non-hydrogen) atoms. The minimum Gasteiger partial charge on any atom is -0.351 e. The molecule has 0 heterocycles. The number of nitrogens with one attached hydrogen (secondary N) is 1. The second-order valence-electron chi connectivity index (χ2n) is 4.67. The molecule has 0 fully saturated rings. The zero-order valence-electron chi connectivity index (χ0n) is 11.9. The smallest absolute Gasteiger partial charge is 0.251 e. The zero-order chi connectivity index (χ0) is 16.8. The molecule has 2 nitrogen and oxygen atoms in total. The summed E-state index contributed by atoms with van der Waals surface area (Å²) in [5, 5.41) is 4.92. The predicted molar refractivity (Wildman–Crippen MR) is 101 cm³/mol. The Bertz CT molecular complexity index is 708. The van der Waals surface area contributed by atoms with Gasteiger partial charge in [0.2, 0.25) is 0 Å². The lowest BCUT2D eigenvalue weighted by Crippen LogP contribution is -2.25. The molecule has 122 valence electrons. The van der Waals surface area contributed by atoms with E-state index in [-0.39, 0.29) is 5.91 Å². The largest absolute Gasteiger partial charge is 0.351 e. The number of halogens is 4. The van der Waals surface area contributed by atoms with Crippen LogP contribution in [0.1, 0.15) is 15.9 Å². The zero-order valence-corrected chi connectivity index (χ0v) is 15.8. The maximum atomic E-state index is 12.0. The van der Waals surface area contributed by atoms with Crippen LogP contribution in [0.25, 0.3) is 0 Å². The molecule has 2 rings (SSSR count). The van der Waals surface area contributed by atoms with Crippen LogP contribution in [0.4, 0.5) is 0 Å². The molecule has 0 saturated carbocycles. The van der Waals surface area contributed by atoms with Gasteiger partial charge in [-0.25, -0.2) is 0 Å². The van der Waals surface area contributed by atoms with E-state index in [2.05, 4.69) is 5.32 Å². The average molecular weight is 409 g/mol. The fourth-order valence-corrected chi connectivity index (χ4v) is 3.51. The number of hydrogen-bond acceptors (Lipinski definition) is 2. The van der Waals surface area contributed by atoms with Gasteiger partial charge < -0.3 is 5.32 Å². The standard InChI is InChI=1S/C16H13Cl4NOS/c17-12-3-1-11(14(19)8-12)9-23-6-5-21-16(22)10-2-4-13(18)15(20)7-10/h1-4,7-8H,5-6,9H2,(H,21,22). The van der Waals surface area contributed by atoms with Crippen LogP contribution >= 0.6 is 58.2 Å². The second-order valence-corrected chi connectivity index (χ2v) is 7.44. The Kier molecular flexibility index (Phi) is 7.38. The highest BCUT2D eigenvalue weighted by molar-refractivity contribution is 7.98. The van der Waals surface area contributed by atoms with Crippen molar-refractivity contribution in [2.45, 2.75) is 5.75 Å². The first kappa shape index (κ1) is 18.8. The summed E-state index contributed by atoms with van der Waals surface area (Å²) < 4.78 is 0. The third kappa shape index (κ3) is 5.77. The minimum absolute atomic E-state index is 0.173. The van der Waals surface area contributed by atoms with Crippen molar-refractivity contribution >= 4 is 64.1 Å². The lowest BCUT2D eigenvalue weighted by Gasteiger charge is -2.07. The maximum Gasteiger partial charge on any atom is 0.251 e. The lowest BCUT2D eigenvalue weighted by atomic mass is 10.2. The van der Waals surface area contributed by atoms with Crippen molar-refractivity contribution in [1.82, 2.24) is 5.32 Å². The Morgan fingerprint density at radius 1 is 0.957 bits per heavy atom. The van der Waals surface area contributed by atoms with Crippen LogP contribution in [0, 0.1) is 0 Å². The van der Waals surface area contributed by atoms with Gasteiger partial charge in [0, 0.05) is 33.7 Å². The third-order valence-electron chi connectivity index (χ3n) is 2.99. The summed E-state index contributed by atoms with van der Waals surface area (Å²) in [5.74, 6) is 1.36. The molecular formula is C16H13Cl4NOS. The Labute approximate surface area is 159 Å². The van der Waals surface area contributed by atoms with Crippen molar-refractivity contribution in [3.05, 3.63) is 67.6 Å². The highest BCUT2D eigenvalue weighted by Gasteiger charge is 2.07. The first-order valence-corrected chi connectivity index (χ1v) is 9.39. The van der Waals surface area contributed by atoms with Crippen LogP contribution in [-0.2, 0) is 5.75 Å². The molecule has 2 aromatic carbocycles. The molecule has 0 bridgehead atoms. The summed E-state index contributed by atoms with van der Waals surface area (Å²) in [7, 11) is 0. The van der Waals surface area contributed by atoms with Crippen LogP contribution in [0.2, 0.25) is 20.1 Å². The molecule has 0 aliphatic rings. The third-order valence-corrected chi connectivity index (χ3v) is 5.32. The molecule has 1 amide bonds. The fraction of sp³-hybridized carbons (Fsp3) is 0.188. The summed E-state index contributed by atoms with van der Waals surface area (Å²) in [4.78, 5) is 12.0. The number of rotatable bonds is 6. The fourth-order valence-electron chi connectivity index (χ4n) is 1.80. The Hall–Kier alpha value is -0.580. The van der Waals surface area contributed by atoms with E-state index in [4.69, 9.17) is 46.4 Å². The monoisotopic (exact) mass is 407 g/mol. The molecule has 0 atom stereocenters. The first-order chi connectivity index (χ1) is 11.0. The van der Waals surface area contributed by atoms with Gasteiger partial charge in [0.1, 0.15) is 0 Å². The van der Waals surface area contributed by atoms with Gasteiger partial charge in [-0.05, 0) is 35.9 Å². The molecule has 0 aromatic heterocycles. The highest BCUT2D eigenvalue weighted by Crippen LogP contribution is 2.25. The summed E-state index contributed by atoms with van der Waals surface area (Å²) in [6.07, 6.45) is 0. The van der Waals surface area contributed by atoms with Gasteiger partial charge in [0.25, 0.3) is 5.91 Å². The second kappa shape index (κ2) is 9.05. The van der Waals surface area contributed by atoms with Gasteiger partial charge in [0.05, 0.1) is 10.0 Å². The summed E-state index contributed by atoms with van der Waals surface area (Å²) in [5.41, 5.74) is 1.52. The van der Waals surface area contributed by atoms with Crippen LogP contribution in [0.15, 0.2) is 36.4 Å². The van der Waals surface area contributed by atoms with Gasteiger partial charge in [-0.3, -0.25) is 4.79 Å². The van der Waals surface area contributed by atoms with Gasteiger partial charge in [-0.1, -0.05) is 52.5 Å². The SMILES string of the molecule is O=C(NCCSCc1ccc(Cl)cc1Cl)c1ccc(Cl)c(Cl)c1. The topological polar surface area (TPSA) is 29.1 Å². The Morgan fingerprint density at radius 3 is 2.43 bits per heavy atom. The van der Waals surface area contributed by atoms with E-state index in [1.165, 1.54) is 0 Å². The van der Waals surface area contributed by atoms with Gasteiger partial charge >= 0.3 is 0 Å². The molecular weight excluding hydrogens is 396 g/mol. The number of carbonyl (C=O) groups is 1. The van der Waals surface area contributed by atoms with E-state index in [0.717, 1.165) is 17.1 Å². The van der Waals surface area contributed by atoms with Crippen molar-refractivity contribution in [3.8, 4) is 0 Å². The molecule has 0 unspecified atom stereocenters. The lowest BCUT2D eigenvalue weighted by molar-refractivity contribution is 0.0956. The minimum atomic E-state index is -0.173. The molecule has 0 spiro atoms. The van der Waals surface area contributed by atoms with Crippen LogP contribution < -0.4 is 5.32 Å². The molecule has 0 aliphatic carbocycles. The molecule has 0 radical (unpaired) electrons. The van der Waals surface area contributed by atoms with Crippen molar-refractivity contribution in [2.24, 2.45) is 0 Å². The van der Waals surface area contributed by atoms with E-state index in [1.54, 1.807) is 36.0 Å². The van der Waals surface area contributed by atoms with Crippen LogP contribution in [0.5, 0.6) is 0 Å². The van der Waals surface area contributed by atoms with Crippen molar-refractivity contribution < 1.29 is 4.79 Å². The van der Waals surface area contributed by atoms with Gasteiger partial charge in [0.15, 0.2) is 0 Å². The van der Waals surface area contributed by atoms with Crippen molar-refractivity contribution in [2.75, 3.05) is 12.3 Å². The average Bonchev–Trinajstić information content (AvgIpc) is 2.51. The molecule has 0 aliphatic heterocycles. The van der Waals surface area contributed by atoms with Crippen LogP contribution in [0.3, 0.4) is 0 Å². The normalized spacial score (nSPS) is 10.6. The predicted octanol–water partition coefficient (Wildman–Crippen LogP) is 5.96. The van der Waals surface area contributed by atoms with E-state index in [9.17, 15) is 4.79 Å². The van der Waals surface area contributed by atoms with Crippen molar-refractivity contribution in [1.29, 1.82) is 0 Å². The highest BCUT2D eigenvalue weighted by atomic mass is 35.5. The van der Waals surface area contributed by atoms with Crippen molar-refractivity contribution in [3.63, 3.8) is 0 Å². The number of amides is 1. The first-order valence-electron chi connectivity index (χ1n) is 6.72. The quantitative estimate of drug-likeness (QED) is 0.597. The Morgan fingerprint density at radius 2 is 1.74 bits per heavy atom. The number of carbonyl (C=O) groups excluding carboxylic acids is 1. The van der Waals surface area contributed by atoms with Gasteiger partial charge in [-0.2, -0.15) is 11.8 Å². The van der Waals surface area contributed by atoms with E-state index < -0.39 is 0 Å².